The van der Waals surface area contributed by atoms with Crippen molar-refractivity contribution in [1.29, 1.82) is 0 Å². The van der Waals surface area contributed by atoms with Crippen LogP contribution in [0.3, 0.4) is 0 Å². The number of aromatic nitrogens is 1. The summed E-state index contributed by atoms with van der Waals surface area (Å²) in [7, 11) is 0. The van der Waals surface area contributed by atoms with Crippen LogP contribution in [-0.4, -0.2) is 11.0 Å². The van der Waals surface area contributed by atoms with Gasteiger partial charge >= 0.3 is 0 Å². The number of rotatable bonds is 6. The third-order valence-corrected chi connectivity index (χ3v) is 4.23. The zero-order valence-electron chi connectivity index (χ0n) is 14.4. The summed E-state index contributed by atoms with van der Waals surface area (Å²) < 4.78 is 0. The van der Waals surface area contributed by atoms with Crippen molar-refractivity contribution in [2.45, 2.75) is 32.7 Å². The lowest BCUT2D eigenvalue weighted by atomic mass is 10.0. The molecule has 2 aromatic carbocycles. The van der Waals surface area contributed by atoms with E-state index in [1.54, 1.807) is 0 Å². The van der Waals surface area contributed by atoms with Crippen molar-refractivity contribution < 1.29 is 0 Å². The number of hydrogen-bond acceptors (Lipinski definition) is 2. The van der Waals surface area contributed by atoms with Crippen LogP contribution >= 0.6 is 0 Å². The number of pyridine rings is 1. The van der Waals surface area contributed by atoms with E-state index in [0.29, 0.717) is 6.04 Å². The molecule has 2 heteroatoms. The maximum atomic E-state index is 4.50. The molecular formula is C22H24N2. The molecule has 0 amide bonds. The van der Waals surface area contributed by atoms with Crippen LogP contribution in [0.5, 0.6) is 0 Å². The van der Waals surface area contributed by atoms with Gasteiger partial charge in [0, 0.05) is 23.5 Å². The number of anilines is 1. The molecule has 0 saturated heterocycles. The van der Waals surface area contributed by atoms with Crippen LogP contribution in [-0.2, 0) is 6.42 Å². The summed E-state index contributed by atoms with van der Waals surface area (Å²) in [5.41, 5.74) is 5.98. The predicted molar refractivity (Wildman–Crippen MR) is 102 cm³/mol. The third kappa shape index (κ3) is 4.23. The van der Waals surface area contributed by atoms with Crippen LogP contribution in [0, 0.1) is 6.92 Å². The van der Waals surface area contributed by atoms with E-state index in [9.17, 15) is 0 Å². The van der Waals surface area contributed by atoms with Crippen molar-refractivity contribution in [3.63, 3.8) is 0 Å². The average molecular weight is 316 g/mol. The minimum atomic E-state index is 0.398. The molecule has 1 N–H and O–H groups in total. The molecule has 1 aromatic heterocycles. The normalized spacial score (nSPS) is 11.9. The van der Waals surface area contributed by atoms with Gasteiger partial charge in [0.15, 0.2) is 0 Å². The molecule has 2 nitrogen and oxygen atoms in total. The highest BCUT2D eigenvalue weighted by atomic mass is 14.9. The van der Waals surface area contributed by atoms with Gasteiger partial charge in [-0.25, -0.2) is 0 Å². The van der Waals surface area contributed by atoms with Gasteiger partial charge in [0.2, 0.25) is 0 Å². The van der Waals surface area contributed by atoms with Crippen molar-refractivity contribution in [3.8, 4) is 11.3 Å². The first-order valence-corrected chi connectivity index (χ1v) is 8.55. The molecule has 0 fully saturated rings. The number of nitrogens with one attached hydrogen (secondary N) is 1. The van der Waals surface area contributed by atoms with E-state index in [4.69, 9.17) is 0 Å². The summed E-state index contributed by atoms with van der Waals surface area (Å²) in [6.07, 6.45) is 4.02. The van der Waals surface area contributed by atoms with Crippen LogP contribution in [0.25, 0.3) is 11.3 Å². The molecule has 1 atom stereocenters. The van der Waals surface area contributed by atoms with E-state index in [1.165, 1.54) is 11.1 Å². The van der Waals surface area contributed by atoms with E-state index in [0.717, 1.165) is 29.8 Å². The van der Waals surface area contributed by atoms with Gasteiger partial charge in [-0.15, -0.1) is 0 Å². The molecule has 0 saturated carbocycles. The lowest BCUT2D eigenvalue weighted by Crippen LogP contribution is -2.16. The maximum absolute atomic E-state index is 4.50. The lowest BCUT2D eigenvalue weighted by Gasteiger charge is -2.19. The topological polar surface area (TPSA) is 24.9 Å². The summed E-state index contributed by atoms with van der Waals surface area (Å²) in [6.45, 7) is 4.37. The number of hydrogen-bond donors (Lipinski definition) is 1. The fraction of sp³-hybridized carbons (Fsp3) is 0.227. The van der Waals surface area contributed by atoms with Crippen LogP contribution in [0.15, 0.2) is 72.9 Å². The number of nitrogens with zero attached hydrogens (tertiary/aromatic N) is 1. The van der Waals surface area contributed by atoms with Gasteiger partial charge in [-0.1, -0.05) is 48.5 Å². The minimum absolute atomic E-state index is 0.398. The molecule has 1 unspecified atom stereocenters. The van der Waals surface area contributed by atoms with Crippen molar-refractivity contribution in [3.05, 3.63) is 84.1 Å². The number of aryl methyl sites for hydroxylation is 2. The molecule has 24 heavy (non-hydrogen) atoms. The van der Waals surface area contributed by atoms with E-state index >= 15 is 0 Å². The second-order valence-electron chi connectivity index (χ2n) is 6.33. The zero-order chi connectivity index (χ0) is 16.8. The van der Waals surface area contributed by atoms with Crippen molar-refractivity contribution in [2.75, 3.05) is 5.32 Å². The summed E-state index contributed by atoms with van der Waals surface area (Å²) >= 11 is 0. The van der Waals surface area contributed by atoms with Gasteiger partial charge in [0.1, 0.15) is 0 Å². The van der Waals surface area contributed by atoms with Crippen molar-refractivity contribution >= 4 is 5.69 Å². The molecule has 1 heterocycles. The standard InChI is InChI=1S/C22H24N2/c1-17-11-14-20(21-10-6-7-15-23-21)22(16-17)24-18(2)12-13-19-8-4-3-5-9-19/h3-11,14-16,18,24H,12-13H2,1-2H3. The molecule has 0 bridgehead atoms. The van der Waals surface area contributed by atoms with Crippen LogP contribution in [0.1, 0.15) is 24.5 Å². The Morgan fingerprint density at radius 2 is 1.75 bits per heavy atom. The molecule has 0 radical (unpaired) electrons. The fourth-order valence-electron chi connectivity index (χ4n) is 2.89. The minimum Gasteiger partial charge on any atom is -0.382 e. The molecule has 0 aliphatic carbocycles. The molecule has 0 aliphatic rings. The largest absolute Gasteiger partial charge is 0.382 e. The first kappa shape index (κ1) is 16.3. The van der Waals surface area contributed by atoms with Gasteiger partial charge in [-0.2, -0.15) is 0 Å². The Bertz CT molecular complexity index is 766. The van der Waals surface area contributed by atoms with Gasteiger partial charge in [0.05, 0.1) is 5.69 Å². The number of benzene rings is 2. The molecule has 0 spiro atoms. The molecular weight excluding hydrogens is 292 g/mol. The highest BCUT2D eigenvalue weighted by molar-refractivity contribution is 5.76. The lowest BCUT2D eigenvalue weighted by molar-refractivity contribution is 0.706. The Balaban J connectivity index is 1.73. The average Bonchev–Trinajstić information content (AvgIpc) is 2.62. The van der Waals surface area contributed by atoms with Crippen LogP contribution in [0.4, 0.5) is 5.69 Å². The predicted octanol–water partition coefficient (Wildman–Crippen LogP) is 5.49. The first-order valence-electron chi connectivity index (χ1n) is 8.55. The Kier molecular flexibility index (Phi) is 5.27. The maximum Gasteiger partial charge on any atom is 0.0722 e. The SMILES string of the molecule is Cc1ccc(-c2ccccn2)c(NC(C)CCc2ccccc2)c1. The van der Waals surface area contributed by atoms with Gasteiger partial charge in [-0.3, -0.25) is 4.98 Å². The van der Waals surface area contributed by atoms with Gasteiger partial charge < -0.3 is 5.32 Å². The zero-order valence-corrected chi connectivity index (χ0v) is 14.4. The van der Waals surface area contributed by atoms with E-state index in [1.807, 2.05) is 18.3 Å². The second kappa shape index (κ2) is 7.78. The molecule has 122 valence electrons. The van der Waals surface area contributed by atoms with E-state index < -0.39 is 0 Å². The highest BCUT2D eigenvalue weighted by Crippen LogP contribution is 2.28. The van der Waals surface area contributed by atoms with Gasteiger partial charge in [-0.05, 0) is 56.0 Å². The summed E-state index contributed by atoms with van der Waals surface area (Å²) in [4.78, 5) is 4.50. The van der Waals surface area contributed by atoms with Crippen molar-refractivity contribution in [2.24, 2.45) is 0 Å². The highest BCUT2D eigenvalue weighted by Gasteiger charge is 2.09. The smallest absolute Gasteiger partial charge is 0.0722 e. The molecule has 3 rings (SSSR count). The summed E-state index contributed by atoms with van der Waals surface area (Å²) in [5, 5.41) is 3.68. The second-order valence-corrected chi connectivity index (χ2v) is 6.33. The molecule has 3 aromatic rings. The summed E-state index contributed by atoms with van der Waals surface area (Å²) in [6, 6.07) is 23.6. The third-order valence-electron chi connectivity index (χ3n) is 4.23. The van der Waals surface area contributed by atoms with Crippen LogP contribution in [0.2, 0.25) is 0 Å². The van der Waals surface area contributed by atoms with Crippen molar-refractivity contribution in [1.82, 2.24) is 4.98 Å². The van der Waals surface area contributed by atoms with Crippen LogP contribution < -0.4 is 5.32 Å². The quantitative estimate of drug-likeness (QED) is 0.650. The summed E-state index contributed by atoms with van der Waals surface area (Å²) in [5.74, 6) is 0. The Morgan fingerprint density at radius 3 is 2.50 bits per heavy atom. The van der Waals surface area contributed by atoms with E-state index in [2.05, 4.69) is 78.7 Å². The van der Waals surface area contributed by atoms with Gasteiger partial charge in [0.25, 0.3) is 0 Å². The monoisotopic (exact) mass is 316 g/mol. The first-order chi connectivity index (χ1) is 11.7. The fourth-order valence-corrected chi connectivity index (χ4v) is 2.89. The Hall–Kier alpha value is -2.61. The van der Waals surface area contributed by atoms with E-state index in [-0.39, 0.29) is 0 Å². The Labute approximate surface area is 144 Å². The molecule has 0 aliphatic heterocycles. The Morgan fingerprint density at radius 1 is 0.958 bits per heavy atom.